The quantitative estimate of drug-likeness (QED) is 0.766. The Balaban J connectivity index is 2.56. The molecule has 102 valence electrons. The summed E-state index contributed by atoms with van der Waals surface area (Å²) in [5, 5.41) is 11.0. The Labute approximate surface area is 111 Å². The Morgan fingerprint density at radius 3 is 2.53 bits per heavy atom. The Bertz CT molecular complexity index is 465. The Hall–Kier alpha value is -2.30. The number of carboxylic acids is 1. The number of aliphatic carboxylic acids is 1. The van der Waals surface area contributed by atoms with Crippen LogP contribution in [0, 0.1) is 0 Å². The van der Waals surface area contributed by atoms with Gasteiger partial charge >= 0.3 is 5.97 Å². The first-order valence-corrected chi connectivity index (χ1v) is 5.97. The third-order valence-electron chi connectivity index (χ3n) is 2.35. The molecular weight excluding hydrogens is 246 g/mol. The summed E-state index contributed by atoms with van der Waals surface area (Å²) >= 11 is 0. The van der Waals surface area contributed by atoms with Crippen LogP contribution in [-0.4, -0.2) is 29.6 Å². The second kappa shape index (κ2) is 7.20. The van der Waals surface area contributed by atoms with Crippen molar-refractivity contribution < 1.29 is 19.4 Å². The number of carboxylic acid groups (broad SMARTS) is 1. The second-order valence-corrected chi connectivity index (χ2v) is 3.90. The maximum absolute atomic E-state index is 11.4. The van der Waals surface area contributed by atoms with Crippen molar-refractivity contribution in [3.8, 4) is 5.75 Å². The van der Waals surface area contributed by atoms with Crippen LogP contribution in [0.15, 0.2) is 30.3 Å². The SMILES string of the molecule is CCOc1ccc(C=CC(=O)N[C@H](C)C(=O)O)cc1. The molecule has 0 fully saturated rings. The van der Waals surface area contributed by atoms with Gasteiger partial charge in [-0.05, 0) is 37.6 Å². The molecule has 0 aromatic heterocycles. The van der Waals surface area contributed by atoms with E-state index in [9.17, 15) is 9.59 Å². The number of rotatable bonds is 6. The lowest BCUT2D eigenvalue weighted by atomic mass is 10.2. The average molecular weight is 263 g/mol. The number of ether oxygens (including phenoxy) is 1. The van der Waals surface area contributed by atoms with Gasteiger partial charge in [0.25, 0.3) is 0 Å². The first kappa shape index (κ1) is 14.8. The van der Waals surface area contributed by atoms with E-state index in [0.29, 0.717) is 6.61 Å². The minimum atomic E-state index is -1.07. The highest BCUT2D eigenvalue weighted by Gasteiger charge is 2.11. The summed E-state index contributed by atoms with van der Waals surface area (Å²) in [5.41, 5.74) is 0.835. The first-order valence-electron chi connectivity index (χ1n) is 5.97. The number of nitrogens with one attached hydrogen (secondary N) is 1. The van der Waals surface area contributed by atoms with Gasteiger partial charge in [0.2, 0.25) is 5.91 Å². The molecule has 0 heterocycles. The van der Waals surface area contributed by atoms with Gasteiger partial charge in [-0.25, -0.2) is 0 Å². The van der Waals surface area contributed by atoms with Crippen LogP contribution >= 0.6 is 0 Å². The number of carbonyl (C=O) groups is 2. The molecule has 2 N–H and O–H groups in total. The van der Waals surface area contributed by atoms with E-state index in [1.54, 1.807) is 18.2 Å². The van der Waals surface area contributed by atoms with Gasteiger partial charge in [0, 0.05) is 6.08 Å². The van der Waals surface area contributed by atoms with Crippen LogP contribution in [-0.2, 0) is 9.59 Å². The molecule has 1 rings (SSSR count). The third kappa shape index (κ3) is 5.25. The molecule has 0 aliphatic rings. The summed E-state index contributed by atoms with van der Waals surface area (Å²) in [4.78, 5) is 22.0. The van der Waals surface area contributed by atoms with E-state index in [4.69, 9.17) is 9.84 Å². The lowest BCUT2D eigenvalue weighted by Gasteiger charge is -2.06. The van der Waals surface area contributed by atoms with Gasteiger partial charge in [-0.2, -0.15) is 0 Å². The lowest BCUT2D eigenvalue weighted by molar-refractivity contribution is -0.140. The molecular formula is C14H17NO4. The van der Waals surface area contributed by atoms with Crippen molar-refractivity contribution in [2.45, 2.75) is 19.9 Å². The smallest absolute Gasteiger partial charge is 0.325 e. The van der Waals surface area contributed by atoms with Gasteiger partial charge in [-0.1, -0.05) is 12.1 Å². The van der Waals surface area contributed by atoms with Gasteiger partial charge in [-0.3, -0.25) is 9.59 Å². The Kier molecular flexibility index (Phi) is 5.60. The molecule has 0 spiro atoms. The summed E-state index contributed by atoms with van der Waals surface area (Å²) < 4.78 is 5.30. The molecule has 0 radical (unpaired) electrons. The number of amides is 1. The fourth-order valence-corrected chi connectivity index (χ4v) is 1.34. The molecule has 0 unspecified atom stereocenters. The number of hydrogen-bond donors (Lipinski definition) is 2. The number of benzene rings is 1. The van der Waals surface area contributed by atoms with Gasteiger partial charge < -0.3 is 15.2 Å². The first-order chi connectivity index (χ1) is 9.02. The minimum Gasteiger partial charge on any atom is -0.494 e. The molecule has 1 aromatic rings. The van der Waals surface area contributed by atoms with Crippen LogP contribution < -0.4 is 10.1 Å². The van der Waals surface area contributed by atoms with Crippen molar-refractivity contribution in [3.05, 3.63) is 35.9 Å². The van der Waals surface area contributed by atoms with E-state index in [1.807, 2.05) is 19.1 Å². The van der Waals surface area contributed by atoms with E-state index >= 15 is 0 Å². The van der Waals surface area contributed by atoms with Crippen LogP contribution in [0.25, 0.3) is 6.08 Å². The summed E-state index contributed by atoms with van der Waals surface area (Å²) in [6.45, 7) is 3.91. The van der Waals surface area contributed by atoms with Gasteiger partial charge in [0.1, 0.15) is 11.8 Å². The normalized spacial score (nSPS) is 12.1. The van der Waals surface area contributed by atoms with E-state index in [2.05, 4.69) is 5.32 Å². The fourth-order valence-electron chi connectivity index (χ4n) is 1.34. The zero-order chi connectivity index (χ0) is 14.3. The fraction of sp³-hybridized carbons (Fsp3) is 0.286. The molecule has 19 heavy (non-hydrogen) atoms. The summed E-state index contributed by atoms with van der Waals surface area (Å²) in [5.74, 6) is -0.741. The van der Waals surface area contributed by atoms with E-state index < -0.39 is 17.9 Å². The highest BCUT2D eigenvalue weighted by molar-refractivity contribution is 5.94. The summed E-state index contributed by atoms with van der Waals surface area (Å²) in [6, 6.07) is 6.34. The Morgan fingerprint density at radius 2 is 2.00 bits per heavy atom. The average Bonchev–Trinajstić information content (AvgIpc) is 2.38. The molecule has 0 saturated heterocycles. The van der Waals surface area contributed by atoms with Crippen molar-refractivity contribution in [1.82, 2.24) is 5.32 Å². The van der Waals surface area contributed by atoms with Crippen molar-refractivity contribution in [2.24, 2.45) is 0 Å². The Morgan fingerprint density at radius 1 is 1.37 bits per heavy atom. The molecule has 1 aromatic carbocycles. The predicted molar refractivity (Wildman–Crippen MR) is 71.9 cm³/mol. The van der Waals surface area contributed by atoms with E-state index in [0.717, 1.165) is 11.3 Å². The minimum absolute atomic E-state index is 0.441. The van der Waals surface area contributed by atoms with Crippen molar-refractivity contribution in [1.29, 1.82) is 0 Å². The highest BCUT2D eigenvalue weighted by atomic mass is 16.5. The second-order valence-electron chi connectivity index (χ2n) is 3.90. The van der Waals surface area contributed by atoms with E-state index in [1.165, 1.54) is 13.0 Å². The zero-order valence-corrected chi connectivity index (χ0v) is 10.9. The molecule has 0 aliphatic heterocycles. The molecule has 0 saturated carbocycles. The van der Waals surface area contributed by atoms with Crippen LogP contribution in [0.1, 0.15) is 19.4 Å². The maximum Gasteiger partial charge on any atom is 0.325 e. The maximum atomic E-state index is 11.4. The third-order valence-corrected chi connectivity index (χ3v) is 2.35. The van der Waals surface area contributed by atoms with Gasteiger partial charge in [0.05, 0.1) is 6.61 Å². The van der Waals surface area contributed by atoms with Crippen molar-refractivity contribution in [3.63, 3.8) is 0 Å². The molecule has 0 bridgehead atoms. The van der Waals surface area contributed by atoms with Gasteiger partial charge in [0.15, 0.2) is 0 Å². The monoisotopic (exact) mass is 263 g/mol. The van der Waals surface area contributed by atoms with E-state index in [-0.39, 0.29) is 0 Å². The summed E-state index contributed by atoms with van der Waals surface area (Å²) in [6.07, 6.45) is 2.91. The van der Waals surface area contributed by atoms with Crippen LogP contribution in [0.5, 0.6) is 5.75 Å². The number of hydrogen-bond acceptors (Lipinski definition) is 3. The summed E-state index contributed by atoms with van der Waals surface area (Å²) in [7, 11) is 0. The van der Waals surface area contributed by atoms with Gasteiger partial charge in [-0.15, -0.1) is 0 Å². The molecule has 5 nitrogen and oxygen atoms in total. The molecule has 1 amide bonds. The molecule has 1 atom stereocenters. The lowest BCUT2D eigenvalue weighted by Crippen LogP contribution is -2.37. The van der Waals surface area contributed by atoms with Crippen molar-refractivity contribution >= 4 is 18.0 Å². The van der Waals surface area contributed by atoms with Crippen LogP contribution in [0.4, 0.5) is 0 Å². The molecule has 0 aliphatic carbocycles. The number of carbonyl (C=O) groups excluding carboxylic acids is 1. The van der Waals surface area contributed by atoms with Crippen LogP contribution in [0.3, 0.4) is 0 Å². The van der Waals surface area contributed by atoms with Crippen LogP contribution in [0.2, 0.25) is 0 Å². The standard InChI is InChI=1S/C14H17NO4/c1-3-19-12-7-4-11(5-8-12)6-9-13(16)15-10(2)14(17)18/h4-10H,3H2,1-2H3,(H,15,16)(H,17,18)/t10-/m1/s1. The molecule has 5 heteroatoms. The largest absolute Gasteiger partial charge is 0.494 e. The van der Waals surface area contributed by atoms with Crippen molar-refractivity contribution in [2.75, 3.05) is 6.61 Å². The predicted octanol–water partition coefficient (Wildman–Crippen LogP) is 1.69. The zero-order valence-electron chi connectivity index (χ0n) is 10.9. The highest BCUT2D eigenvalue weighted by Crippen LogP contribution is 2.12. The topological polar surface area (TPSA) is 75.6 Å².